The van der Waals surface area contributed by atoms with Gasteiger partial charge in [-0.25, -0.2) is 9.97 Å². The number of aromatic nitrogens is 2. The monoisotopic (exact) mass is 229 g/mol. The molecule has 1 aromatic carbocycles. The first-order chi connectivity index (χ1) is 7.79. The van der Waals surface area contributed by atoms with Gasteiger partial charge in [-0.2, -0.15) is 0 Å². The third kappa shape index (κ3) is 2.41. The Labute approximate surface area is 99.6 Å². The Morgan fingerprint density at radius 1 is 1.25 bits per heavy atom. The number of anilines is 2. The maximum atomic E-state index is 4.92. The summed E-state index contributed by atoms with van der Waals surface area (Å²) < 4.78 is 0. The zero-order valence-corrected chi connectivity index (χ0v) is 9.66. The van der Waals surface area contributed by atoms with Crippen LogP contribution in [-0.4, -0.2) is 15.3 Å². The lowest BCUT2D eigenvalue weighted by molar-refractivity contribution is 1.05. The summed E-state index contributed by atoms with van der Waals surface area (Å²) in [6.45, 7) is 1.85. The van der Waals surface area contributed by atoms with E-state index in [2.05, 4.69) is 15.3 Å². The Morgan fingerprint density at radius 3 is 2.69 bits per heavy atom. The van der Waals surface area contributed by atoms with Crippen molar-refractivity contribution in [2.75, 3.05) is 5.32 Å². The molecule has 0 spiro atoms. The molecule has 1 aromatic heterocycles. The van der Waals surface area contributed by atoms with Crippen LogP contribution in [0.3, 0.4) is 0 Å². The fourth-order valence-corrected chi connectivity index (χ4v) is 1.50. The second kappa shape index (κ2) is 4.81. The molecule has 2 aromatic rings. The van der Waals surface area contributed by atoms with Crippen LogP contribution in [0.4, 0.5) is 11.5 Å². The minimum Gasteiger partial charge on any atom is -0.340 e. The van der Waals surface area contributed by atoms with Gasteiger partial charge in [0, 0.05) is 22.8 Å². The summed E-state index contributed by atoms with van der Waals surface area (Å²) in [5.74, 6) is 1.47. The average molecular weight is 229 g/mol. The lowest BCUT2D eigenvalue weighted by Crippen LogP contribution is -2.01. The molecule has 0 aliphatic rings. The highest BCUT2D eigenvalue weighted by Gasteiger charge is 2.03. The minimum absolute atomic E-state index is 0.721. The molecule has 2 rings (SSSR count). The van der Waals surface area contributed by atoms with Crippen LogP contribution in [0.15, 0.2) is 36.5 Å². The molecule has 80 valence electrons. The van der Waals surface area contributed by atoms with E-state index in [1.807, 2.05) is 37.3 Å². The van der Waals surface area contributed by atoms with E-state index in [0.717, 1.165) is 22.9 Å². The third-order valence-electron chi connectivity index (χ3n) is 2.10. The summed E-state index contributed by atoms with van der Waals surface area (Å²) in [6, 6.07) is 9.85. The van der Waals surface area contributed by atoms with Gasteiger partial charge in [0.15, 0.2) is 0 Å². The summed E-state index contributed by atoms with van der Waals surface area (Å²) in [5.41, 5.74) is 1.81. The second-order valence-electron chi connectivity index (χ2n) is 3.33. The van der Waals surface area contributed by atoms with E-state index in [9.17, 15) is 0 Å². The number of rotatable bonds is 3. The number of nitrogens with one attached hydrogen (secondary N) is 1. The highest BCUT2D eigenvalue weighted by atomic mass is 32.1. The van der Waals surface area contributed by atoms with Crippen molar-refractivity contribution in [2.24, 2.45) is 0 Å². The molecule has 3 nitrogen and oxygen atoms in total. The normalized spacial score (nSPS) is 9.81. The number of para-hydroxylation sites is 1. The van der Waals surface area contributed by atoms with Gasteiger partial charge in [0.2, 0.25) is 0 Å². The van der Waals surface area contributed by atoms with Gasteiger partial charge in [-0.15, -0.1) is 0 Å². The largest absolute Gasteiger partial charge is 0.340 e. The van der Waals surface area contributed by atoms with Crippen molar-refractivity contribution >= 4 is 29.1 Å². The molecule has 0 aliphatic carbocycles. The highest BCUT2D eigenvalue weighted by Crippen LogP contribution is 2.16. The second-order valence-corrected chi connectivity index (χ2v) is 3.57. The molecule has 0 aliphatic heterocycles. The van der Waals surface area contributed by atoms with Crippen molar-refractivity contribution in [3.63, 3.8) is 0 Å². The SMILES string of the molecule is Cc1ncc(C=S)c(Nc2ccccc2)n1. The lowest BCUT2D eigenvalue weighted by atomic mass is 10.3. The van der Waals surface area contributed by atoms with Crippen molar-refractivity contribution < 1.29 is 0 Å². The predicted octanol–water partition coefficient (Wildman–Crippen LogP) is 2.88. The fraction of sp³-hybridized carbons (Fsp3) is 0.0833. The topological polar surface area (TPSA) is 37.8 Å². The highest BCUT2D eigenvalue weighted by molar-refractivity contribution is 7.79. The van der Waals surface area contributed by atoms with Gasteiger partial charge in [0.25, 0.3) is 0 Å². The van der Waals surface area contributed by atoms with E-state index < -0.39 is 0 Å². The zero-order chi connectivity index (χ0) is 11.4. The molecule has 0 radical (unpaired) electrons. The molecule has 0 unspecified atom stereocenters. The van der Waals surface area contributed by atoms with Crippen molar-refractivity contribution in [1.82, 2.24) is 9.97 Å². The summed E-state index contributed by atoms with van der Waals surface area (Å²) in [4.78, 5) is 8.42. The Kier molecular flexibility index (Phi) is 3.22. The van der Waals surface area contributed by atoms with Crippen LogP contribution in [0.2, 0.25) is 0 Å². The van der Waals surface area contributed by atoms with Crippen LogP contribution in [-0.2, 0) is 0 Å². The van der Waals surface area contributed by atoms with Gasteiger partial charge in [-0.3, -0.25) is 0 Å². The van der Waals surface area contributed by atoms with Gasteiger partial charge in [-0.05, 0) is 19.1 Å². The number of thiocarbonyl (C=S) groups is 1. The van der Waals surface area contributed by atoms with E-state index in [1.165, 1.54) is 0 Å². The van der Waals surface area contributed by atoms with Crippen LogP contribution in [0.1, 0.15) is 11.4 Å². The van der Waals surface area contributed by atoms with Crippen LogP contribution >= 0.6 is 12.2 Å². The summed E-state index contributed by atoms with van der Waals surface area (Å²) in [7, 11) is 0. The summed E-state index contributed by atoms with van der Waals surface area (Å²) in [5, 5.41) is 4.79. The minimum atomic E-state index is 0.721. The van der Waals surface area contributed by atoms with Gasteiger partial charge < -0.3 is 5.32 Å². The Morgan fingerprint density at radius 2 is 2.00 bits per heavy atom. The number of nitrogens with zero attached hydrogens (tertiary/aromatic N) is 2. The van der Waals surface area contributed by atoms with Crippen molar-refractivity contribution in [1.29, 1.82) is 0 Å². The zero-order valence-electron chi connectivity index (χ0n) is 8.84. The smallest absolute Gasteiger partial charge is 0.142 e. The molecule has 0 saturated carbocycles. The Hall–Kier alpha value is -1.81. The van der Waals surface area contributed by atoms with E-state index in [4.69, 9.17) is 12.2 Å². The maximum absolute atomic E-state index is 4.92. The van der Waals surface area contributed by atoms with Crippen LogP contribution in [0.25, 0.3) is 0 Å². The number of benzene rings is 1. The van der Waals surface area contributed by atoms with Gasteiger partial charge in [-0.1, -0.05) is 30.4 Å². The number of hydrogen-bond acceptors (Lipinski definition) is 4. The fourth-order valence-electron chi connectivity index (χ4n) is 1.32. The quantitative estimate of drug-likeness (QED) is 0.821. The summed E-state index contributed by atoms with van der Waals surface area (Å²) >= 11 is 4.92. The van der Waals surface area contributed by atoms with Gasteiger partial charge >= 0.3 is 0 Å². The van der Waals surface area contributed by atoms with E-state index in [0.29, 0.717) is 0 Å². The van der Waals surface area contributed by atoms with Crippen molar-refractivity contribution in [3.8, 4) is 0 Å². The lowest BCUT2D eigenvalue weighted by Gasteiger charge is -2.08. The molecule has 4 heteroatoms. The molecule has 1 heterocycles. The summed E-state index contributed by atoms with van der Waals surface area (Å²) in [6.07, 6.45) is 1.72. The molecular formula is C12H11N3S. The van der Waals surface area contributed by atoms with Gasteiger partial charge in [0.05, 0.1) is 0 Å². The molecule has 0 saturated heterocycles. The van der Waals surface area contributed by atoms with Crippen LogP contribution in [0, 0.1) is 6.92 Å². The van der Waals surface area contributed by atoms with Crippen molar-refractivity contribution in [3.05, 3.63) is 47.9 Å². The Balaban J connectivity index is 2.33. The van der Waals surface area contributed by atoms with Crippen LogP contribution in [0.5, 0.6) is 0 Å². The first-order valence-electron chi connectivity index (χ1n) is 4.90. The van der Waals surface area contributed by atoms with E-state index >= 15 is 0 Å². The predicted molar refractivity (Wildman–Crippen MR) is 69.3 cm³/mol. The maximum Gasteiger partial charge on any atom is 0.142 e. The van der Waals surface area contributed by atoms with E-state index in [1.54, 1.807) is 11.6 Å². The molecule has 1 N–H and O–H groups in total. The standard InChI is InChI=1S/C12H11N3S/c1-9-13-7-10(8-16)12(14-9)15-11-5-3-2-4-6-11/h2-8H,1H3,(H,13,14,15). The van der Waals surface area contributed by atoms with E-state index in [-0.39, 0.29) is 0 Å². The molecule has 16 heavy (non-hydrogen) atoms. The number of aryl methyl sites for hydroxylation is 1. The molecule has 0 atom stereocenters. The molecular weight excluding hydrogens is 218 g/mol. The third-order valence-corrected chi connectivity index (χ3v) is 2.35. The molecule has 0 bridgehead atoms. The Bertz CT molecular complexity index is 497. The first-order valence-corrected chi connectivity index (χ1v) is 5.37. The first kappa shape index (κ1) is 10.7. The number of hydrogen-bond donors (Lipinski definition) is 1. The molecule has 0 fully saturated rings. The van der Waals surface area contributed by atoms with Gasteiger partial charge in [0.1, 0.15) is 11.6 Å². The average Bonchev–Trinajstić information content (AvgIpc) is 2.31. The van der Waals surface area contributed by atoms with Crippen molar-refractivity contribution in [2.45, 2.75) is 6.92 Å². The van der Waals surface area contributed by atoms with Crippen LogP contribution < -0.4 is 5.32 Å². The molecule has 0 amide bonds.